The van der Waals surface area contributed by atoms with E-state index < -0.39 is 0 Å². The van der Waals surface area contributed by atoms with Crippen molar-refractivity contribution in [3.8, 4) is 0 Å². The topological polar surface area (TPSA) is 12.0 Å². The quantitative estimate of drug-likeness (QED) is 0.889. The summed E-state index contributed by atoms with van der Waals surface area (Å²) in [4.78, 5) is 0. The molecule has 0 saturated heterocycles. The molecule has 1 aromatic rings. The van der Waals surface area contributed by atoms with Crippen molar-refractivity contribution < 1.29 is 4.39 Å². The monoisotopic (exact) mass is 285 g/mol. The normalized spacial score (nSPS) is 22.1. The molecule has 2 rings (SSSR count). The van der Waals surface area contributed by atoms with Crippen LogP contribution in [-0.2, 0) is 6.54 Å². The molecule has 0 spiro atoms. The van der Waals surface area contributed by atoms with Gasteiger partial charge in [0.1, 0.15) is 5.82 Å². The summed E-state index contributed by atoms with van der Waals surface area (Å²) in [5, 5.41) is 3.39. The Kier molecular flexibility index (Phi) is 3.36. The molecule has 3 heteroatoms. The number of hydrogen-bond donors (Lipinski definition) is 1. The van der Waals surface area contributed by atoms with Crippen molar-refractivity contribution >= 4 is 15.9 Å². The molecule has 88 valence electrons. The van der Waals surface area contributed by atoms with E-state index in [0.29, 0.717) is 5.41 Å². The van der Waals surface area contributed by atoms with Gasteiger partial charge in [0.25, 0.3) is 0 Å². The van der Waals surface area contributed by atoms with E-state index in [-0.39, 0.29) is 5.82 Å². The summed E-state index contributed by atoms with van der Waals surface area (Å²) in [5.41, 5.74) is 1.50. The first-order valence-corrected chi connectivity index (χ1v) is 6.42. The SMILES string of the molecule is CC1(C)CC1CNCc1cc(F)cc(Br)c1. The van der Waals surface area contributed by atoms with Crippen molar-refractivity contribution in [2.45, 2.75) is 26.8 Å². The molecule has 1 nitrogen and oxygen atoms in total. The maximum atomic E-state index is 13.1. The standard InChI is InChI=1S/C13H17BrFN/c1-13(2)6-10(13)8-16-7-9-3-11(14)5-12(15)4-9/h3-5,10,16H,6-8H2,1-2H3. The van der Waals surface area contributed by atoms with Gasteiger partial charge in [0.15, 0.2) is 0 Å². The molecular formula is C13H17BrFN. The number of benzene rings is 1. The van der Waals surface area contributed by atoms with Gasteiger partial charge in [-0.25, -0.2) is 4.39 Å². The van der Waals surface area contributed by atoms with Gasteiger partial charge in [-0.15, -0.1) is 0 Å². The first-order valence-electron chi connectivity index (χ1n) is 5.63. The van der Waals surface area contributed by atoms with Gasteiger partial charge in [0.2, 0.25) is 0 Å². The molecule has 0 radical (unpaired) electrons. The third-order valence-electron chi connectivity index (χ3n) is 3.36. The van der Waals surface area contributed by atoms with Crippen molar-refractivity contribution in [3.05, 3.63) is 34.1 Å². The Hall–Kier alpha value is -0.410. The Morgan fingerprint density at radius 1 is 1.44 bits per heavy atom. The summed E-state index contributed by atoms with van der Waals surface area (Å²) in [6.07, 6.45) is 1.30. The van der Waals surface area contributed by atoms with Gasteiger partial charge in [-0.3, -0.25) is 0 Å². The molecule has 1 unspecified atom stereocenters. The molecule has 0 bridgehead atoms. The third-order valence-corrected chi connectivity index (χ3v) is 3.82. The van der Waals surface area contributed by atoms with E-state index in [2.05, 4.69) is 35.1 Å². The average Bonchev–Trinajstić information content (AvgIpc) is 2.72. The smallest absolute Gasteiger partial charge is 0.124 e. The molecule has 0 aliphatic heterocycles. The molecule has 1 fully saturated rings. The molecule has 1 aromatic carbocycles. The van der Waals surface area contributed by atoms with Gasteiger partial charge in [0, 0.05) is 11.0 Å². The van der Waals surface area contributed by atoms with Crippen LogP contribution in [0, 0.1) is 17.2 Å². The fourth-order valence-corrected chi connectivity index (χ4v) is 2.54. The predicted molar refractivity (Wildman–Crippen MR) is 67.7 cm³/mol. The summed E-state index contributed by atoms with van der Waals surface area (Å²) in [7, 11) is 0. The minimum atomic E-state index is -0.182. The second-order valence-electron chi connectivity index (χ2n) is 5.30. The fraction of sp³-hybridized carbons (Fsp3) is 0.538. The first kappa shape index (κ1) is 12.1. The third kappa shape index (κ3) is 3.05. The second kappa shape index (κ2) is 4.46. The highest BCUT2D eigenvalue weighted by atomic mass is 79.9. The molecule has 1 saturated carbocycles. The lowest BCUT2D eigenvalue weighted by Gasteiger charge is -2.07. The van der Waals surface area contributed by atoms with E-state index in [1.54, 1.807) is 6.07 Å². The molecule has 0 heterocycles. The molecule has 0 amide bonds. The van der Waals surface area contributed by atoms with Gasteiger partial charge in [-0.05, 0) is 48.1 Å². The highest BCUT2D eigenvalue weighted by Gasteiger charge is 2.44. The first-order chi connectivity index (χ1) is 7.47. The molecule has 16 heavy (non-hydrogen) atoms. The van der Waals surface area contributed by atoms with Crippen molar-refractivity contribution in [2.75, 3.05) is 6.54 Å². The Labute approximate surface area is 105 Å². The molecule has 1 N–H and O–H groups in total. The van der Waals surface area contributed by atoms with E-state index in [9.17, 15) is 4.39 Å². The lowest BCUT2D eigenvalue weighted by atomic mass is 10.1. The van der Waals surface area contributed by atoms with Crippen LogP contribution in [-0.4, -0.2) is 6.54 Å². The van der Waals surface area contributed by atoms with Crippen LogP contribution in [0.4, 0.5) is 4.39 Å². The van der Waals surface area contributed by atoms with Crippen LogP contribution >= 0.6 is 15.9 Å². The van der Waals surface area contributed by atoms with Crippen LogP contribution < -0.4 is 5.32 Å². The Morgan fingerprint density at radius 2 is 2.12 bits per heavy atom. The lowest BCUT2D eigenvalue weighted by Crippen LogP contribution is -2.18. The number of halogens is 2. The van der Waals surface area contributed by atoms with E-state index >= 15 is 0 Å². The fourth-order valence-electron chi connectivity index (χ4n) is 2.03. The second-order valence-corrected chi connectivity index (χ2v) is 6.21. The highest BCUT2D eigenvalue weighted by Crippen LogP contribution is 2.50. The summed E-state index contributed by atoms with van der Waals surface area (Å²) in [5.74, 6) is 0.599. The van der Waals surface area contributed by atoms with Gasteiger partial charge >= 0.3 is 0 Å². The van der Waals surface area contributed by atoms with Crippen molar-refractivity contribution in [1.82, 2.24) is 5.32 Å². The van der Waals surface area contributed by atoms with Crippen LogP contribution in [0.1, 0.15) is 25.8 Å². The van der Waals surface area contributed by atoms with E-state index in [0.717, 1.165) is 29.0 Å². The average molecular weight is 286 g/mol. The molecule has 0 aromatic heterocycles. The summed E-state index contributed by atoms with van der Waals surface area (Å²) in [6.45, 7) is 6.35. The van der Waals surface area contributed by atoms with Crippen molar-refractivity contribution in [1.29, 1.82) is 0 Å². The van der Waals surface area contributed by atoms with Gasteiger partial charge in [-0.2, -0.15) is 0 Å². The molecule has 1 aliphatic rings. The van der Waals surface area contributed by atoms with Crippen LogP contribution in [0.2, 0.25) is 0 Å². The largest absolute Gasteiger partial charge is 0.312 e. The van der Waals surface area contributed by atoms with Gasteiger partial charge in [-0.1, -0.05) is 29.8 Å². The molecular weight excluding hydrogens is 269 g/mol. The minimum absolute atomic E-state index is 0.182. The van der Waals surface area contributed by atoms with Crippen LogP contribution in [0.3, 0.4) is 0 Å². The summed E-state index contributed by atoms with van der Waals surface area (Å²) >= 11 is 3.30. The summed E-state index contributed by atoms with van der Waals surface area (Å²) in [6, 6.07) is 5.01. The maximum absolute atomic E-state index is 13.1. The summed E-state index contributed by atoms with van der Waals surface area (Å²) < 4.78 is 13.9. The zero-order chi connectivity index (χ0) is 11.8. The van der Waals surface area contributed by atoms with Gasteiger partial charge in [0.05, 0.1) is 0 Å². The van der Waals surface area contributed by atoms with E-state index in [4.69, 9.17) is 0 Å². The van der Waals surface area contributed by atoms with Crippen LogP contribution in [0.25, 0.3) is 0 Å². The van der Waals surface area contributed by atoms with Crippen LogP contribution in [0.15, 0.2) is 22.7 Å². The van der Waals surface area contributed by atoms with Crippen molar-refractivity contribution in [3.63, 3.8) is 0 Å². The Bertz CT molecular complexity index is 369. The Morgan fingerprint density at radius 3 is 2.69 bits per heavy atom. The zero-order valence-corrected chi connectivity index (χ0v) is 11.3. The Balaban J connectivity index is 1.81. The van der Waals surface area contributed by atoms with E-state index in [1.807, 2.05) is 6.07 Å². The minimum Gasteiger partial charge on any atom is -0.312 e. The van der Waals surface area contributed by atoms with Crippen LogP contribution in [0.5, 0.6) is 0 Å². The number of rotatable bonds is 4. The highest BCUT2D eigenvalue weighted by molar-refractivity contribution is 9.10. The predicted octanol–water partition coefficient (Wildman–Crippen LogP) is 3.72. The zero-order valence-electron chi connectivity index (χ0n) is 9.69. The molecule has 1 atom stereocenters. The van der Waals surface area contributed by atoms with Gasteiger partial charge < -0.3 is 5.32 Å². The number of nitrogens with one attached hydrogen (secondary N) is 1. The van der Waals surface area contributed by atoms with E-state index in [1.165, 1.54) is 12.5 Å². The number of hydrogen-bond acceptors (Lipinski definition) is 1. The lowest BCUT2D eigenvalue weighted by molar-refractivity contribution is 0.518. The van der Waals surface area contributed by atoms with Crippen molar-refractivity contribution in [2.24, 2.45) is 11.3 Å². The molecule has 1 aliphatic carbocycles. The maximum Gasteiger partial charge on any atom is 0.124 e.